The molecule has 0 aliphatic rings. The predicted octanol–water partition coefficient (Wildman–Crippen LogP) is 2.78. The highest BCUT2D eigenvalue weighted by Gasteiger charge is 2.05. The summed E-state index contributed by atoms with van der Waals surface area (Å²) in [6.45, 7) is 0. The number of nitrogens with zero attached hydrogens (tertiary/aromatic N) is 2. The Morgan fingerprint density at radius 3 is 2.83 bits per heavy atom. The smallest absolute Gasteiger partial charge is 0.240 e. The summed E-state index contributed by atoms with van der Waals surface area (Å²) < 4.78 is 13.4. The highest BCUT2D eigenvalue weighted by atomic mass is 19.1. The zero-order valence-electron chi connectivity index (χ0n) is 12.3. The fraction of sp³-hybridized carbons (Fsp3) is 0.118. The van der Waals surface area contributed by atoms with Crippen molar-refractivity contribution in [3.8, 4) is 0 Å². The number of aromatic nitrogens is 2. The molecule has 0 radical (unpaired) electrons. The van der Waals surface area contributed by atoms with Gasteiger partial charge in [-0.25, -0.2) is 14.8 Å². The lowest BCUT2D eigenvalue weighted by Crippen LogP contribution is -2.18. The molecule has 0 saturated carbocycles. The number of H-pyrrole nitrogens is 1. The quantitative estimate of drug-likeness (QED) is 0.562. The van der Waals surface area contributed by atoms with Gasteiger partial charge in [0.15, 0.2) is 0 Å². The molecule has 1 amide bonds. The van der Waals surface area contributed by atoms with Crippen molar-refractivity contribution in [2.75, 3.05) is 0 Å². The van der Waals surface area contributed by atoms with Gasteiger partial charge in [-0.2, -0.15) is 5.10 Å². The van der Waals surface area contributed by atoms with Gasteiger partial charge in [0.1, 0.15) is 11.6 Å². The second-order valence-electron chi connectivity index (χ2n) is 5.02. The predicted molar refractivity (Wildman–Crippen MR) is 86.6 cm³/mol. The van der Waals surface area contributed by atoms with Gasteiger partial charge >= 0.3 is 0 Å². The molecule has 2 aromatic carbocycles. The Morgan fingerprint density at radius 2 is 2.00 bits per heavy atom. The maximum absolute atomic E-state index is 13.4. The molecule has 1 aromatic heterocycles. The third-order valence-electron chi connectivity index (χ3n) is 3.33. The van der Waals surface area contributed by atoms with Crippen molar-refractivity contribution >= 4 is 23.2 Å². The van der Waals surface area contributed by atoms with Crippen molar-refractivity contribution in [1.29, 1.82) is 0 Å². The molecule has 3 aromatic rings. The molecule has 23 heavy (non-hydrogen) atoms. The fourth-order valence-electron chi connectivity index (χ4n) is 2.17. The molecular weight excluding hydrogens is 295 g/mol. The molecule has 5 nitrogen and oxygen atoms in total. The largest absolute Gasteiger partial charge is 0.342 e. The molecule has 0 aliphatic heterocycles. The van der Waals surface area contributed by atoms with Crippen LogP contribution in [0.25, 0.3) is 11.0 Å². The van der Waals surface area contributed by atoms with Crippen molar-refractivity contribution in [3.63, 3.8) is 0 Å². The molecule has 2 N–H and O–H groups in total. The zero-order valence-corrected chi connectivity index (χ0v) is 12.3. The SMILES string of the molecule is O=C(CCc1nc2ccccc2[nH]1)N/N=C\c1ccccc1F. The van der Waals surface area contributed by atoms with Gasteiger partial charge < -0.3 is 4.98 Å². The number of carbonyl (C=O) groups excluding carboxylic acids is 1. The number of aromatic amines is 1. The standard InChI is InChI=1S/C17H15FN4O/c18-13-6-2-1-5-12(13)11-19-22-17(23)10-9-16-20-14-7-3-4-8-15(14)21-16/h1-8,11H,9-10H2,(H,20,21)(H,22,23)/b19-11-. The van der Waals surface area contributed by atoms with Crippen LogP contribution in [0.1, 0.15) is 17.8 Å². The van der Waals surface area contributed by atoms with Crippen LogP contribution >= 0.6 is 0 Å². The number of fused-ring (bicyclic) bond motifs is 1. The van der Waals surface area contributed by atoms with Crippen LogP contribution in [0.2, 0.25) is 0 Å². The first-order valence-electron chi connectivity index (χ1n) is 7.22. The average Bonchev–Trinajstić information content (AvgIpc) is 2.98. The molecule has 0 unspecified atom stereocenters. The first-order chi connectivity index (χ1) is 11.2. The number of nitrogens with one attached hydrogen (secondary N) is 2. The summed E-state index contributed by atoms with van der Waals surface area (Å²) in [4.78, 5) is 19.3. The number of benzene rings is 2. The number of hydrogen-bond acceptors (Lipinski definition) is 3. The van der Waals surface area contributed by atoms with Crippen LogP contribution in [0.3, 0.4) is 0 Å². The van der Waals surface area contributed by atoms with E-state index >= 15 is 0 Å². The molecule has 0 fully saturated rings. The lowest BCUT2D eigenvalue weighted by molar-refractivity contribution is -0.121. The Labute approximate surface area is 132 Å². The van der Waals surface area contributed by atoms with Gasteiger partial charge in [-0.3, -0.25) is 4.79 Å². The fourth-order valence-corrected chi connectivity index (χ4v) is 2.17. The van der Waals surface area contributed by atoms with Crippen LogP contribution < -0.4 is 5.43 Å². The summed E-state index contributed by atoms with van der Waals surface area (Å²) in [6, 6.07) is 13.9. The van der Waals surface area contributed by atoms with Crippen molar-refractivity contribution in [2.24, 2.45) is 5.10 Å². The van der Waals surface area contributed by atoms with E-state index in [1.54, 1.807) is 18.2 Å². The molecule has 6 heteroatoms. The van der Waals surface area contributed by atoms with Crippen LogP contribution in [-0.2, 0) is 11.2 Å². The van der Waals surface area contributed by atoms with Crippen LogP contribution in [0.5, 0.6) is 0 Å². The number of rotatable bonds is 5. The highest BCUT2D eigenvalue weighted by molar-refractivity contribution is 5.82. The second kappa shape index (κ2) is 6.83. The molecule has 0 saturated heterocycles. The number of imidazole rings is 1. The van der Waals surface area contributed by atoms with Gasteiger partial charge in [0.25, 0.3) is 0 Å². The van der Waals surface area contributed by atoms with Gasteiger partial charge in [-0.1, -0.05) is 30.3 Å². The van der Waals surface area contributed by atoms with Gasteiger partial charge in [0.2, 0.25) is 5.91 Å². The van der Waals surface area contributed by atoms with Crippen molar-refractivity contribution in [1.82, 2.24) is 15.4 Å². The zero-order chi connectivity index (χ0) is 16.1. The Morgan fingerprint density at radius 1 is 1.22 bits per heavy atom. The van der Waals surface area contributed by atoms with Crippen molar-refractivity contribution in [3.05, 3.63) is 65.7 Å². The van der Waals surface area contributed by atoms with E-state index in [9.17, 15) is 9.18 Å². The van der Waals surface area contributed by atoms with Gasteiger partial charge in [0, 0.05) is 18.4 Å². The minimum absolute atomic E-state index is 0.244. The summed E-state index contributed by atoms with van der Waals surface area (Å²) in [5.74, 6) is 0.116. The third kappa shape index (κ3) is 3.79. The normalized spacial score (nSPS) is 11.2. The van der Waals surface area contributed by atoms with E-state index in [0.29, 0.717) is 12.0 Å². The average molecular weight is 310 g/mol. The summed E-state index contributed by atoms with van der Waals surface area (Å²) in [5, 5.41) is 3.76. The monoisotopic (exact) mass is 310 g/mol. The molecule has 3 rings (SSSR count). The molecule has 0 atom stereocenters. The topological polar surface area (TPSA) is 70.1 Å². The number of para-hydroxylation sites is 2. The maximum atomic E-state index is 13.4. The summed E-state index contributed by atoms with van der Waals surface area (Å²) in [5.41, 5.74) is 4.53. The molecule has 116 valence electrons. The Bertz CT molecular complexity index is 823. The van der Waals surface area contributed by atoms with Crippen LogP contribution in [-0.4, -0.2) is 22.1 Å². The Balaban J connectivity index is 1.52. The number of halogens is 1. The van der Waals surface area contributed by atoms with Gasteiger partial charge in [0.05, 0.1) is 17.2 Å². The van der Waals surface area contributed by atoms with E-state index in [4.69, 9.17) is 0 Å². The summed E-state index contributed by atoms with van der Waals surface area (Å²) >= 11 is 0. The number of carbonyl (C=O) groups is 1. The molecule has 1 heterocycles. The molecular formula is C17H15FN4O. The van der Waals surface area contributed by atoms with Gasteiger partial charge in [-0.15, -0.1) is 0 Å². The lowest BCUT2D eigenvalue weighted by atomic mass is 10.2. The van der Waals surface area contributed by atoms with Gasteiger partial charge in [-0.05, 0) is 18.2 Å². The minimum atomic E-state index is -0.382. The van der Waals surface area contributed by atoms with E-state index in [1.165, 1.54) is 12.3 Å². The van der Waals surface area contributed by atoms with E-state index < -0.39 is 0 Å². The Hall–Kier alpha value is -3.02. The molecule has 0 aliphatic carbocycles. The number of hydrazone groups is 1. The van der Waals surface area contributed by atoms with E-state index in [0.717, 1.165) is 16.9 Å². The maximum Gasteiger partial charge on any atom is 0.240 e. The minimum Gasteiger partial charge on any atom is -0.342 e. The highest BCUT2D eigenvalue weighted by Crippen LogP contribution is 2.11. The summed E-state index contributed by atoms with van der Waals surface area (Å²) in [7, 11) is 0. The van der Waals surface area contributed by atoms with E-state index in [1.807, 2.05) is 24.3 Å². The molecule has 0 bridgehead atoms. The first-order valence-corrected chi connectivity index (χ1v) is 7.22. The van der Waals surface area contributed by atoms with Crippen molar-refractivity contribution in [2.45, 2.75) is 12.8 Å². The second-order valence-corrected chi connectivity index (χ2v) is 5.02. The third-order valence-corrected chi connectivity index (χ3v) is 3.33. The first kappa shape index (κ1) is 14.9. The molecule has 0 spiro atoms. The number of hydrogen-bond donors (Lipinski definition) is 2. The van der Waals surface area contributed by atoms with Crippen LogP contribution in [0.4, 0.5) is 4.39 Å². The van der Waals surface area contributed by atoms with Crippen LogP contribution in [0.15, 0.2) is 53.6 Å². The number of amides is 1. The number of aryl methyl sites for hydroxylation is 1. The van der Waals surface area contributed by atoms with E-state index in [2.05, 4.69) is 20.5 Å². The van der Waals surface area contributed by atoms with E-state index in [-0.39, 0.29) is 18.1 Å². The Kier molecular flexibility index (Phi) is 4.42. The van der Waals surface area contributed by atoms with Crippen LogP contribution in [0, 0.1) is 5.82 Å². The lowest BCUT2D eigenvalue weighted by Gasteiger charge is -1.98. The van der Waals surface area contributed by atoms with Crippen molar-refractivity contribution < 1.29 is 9.18 Å². The summed E-state index contributed by atoms with van der Waals surface area (Å²) in [6.07, 6.45) is 2.01.